The van der Waals surface area contributed by atoms with Crippen LogP contribution in [0.15, 0.2) is 42.5 Å². The average molecular weight is 262 g/mol. The minimum absolute atomic E-state index is 0.530. The number of hydrogen-bond acceptors (Lipinski definition) is 2. The van der Waals surface area contributed by atoms with Gasteiger partial charge in [-0.3, -0.25) is 0 Å². The van der Waals surface area contributed by atoms with E-state index in [1.807, 2.05) is 31.2 Å². The lowest BCUT2D eigenvalue weighted by Gasteiger charge is -2.14. The van der Waals surface area contributed by atoms with Gasteiger partial charge in [0.05, 0.1) is 6.10 Å². The van der Waals surface area contributed by atoms with Crippen molar-refractivity contribution in [3.8, 4) is 0 Å². The number of halogens is 1. The lowest BCUT2D eigenvalue weighted by molar-refractivity contribution is 0.179. The minimum Gasteiger partial charge on any atom is -0.398 e. The maximum Gasteiger partial charge on any atom is 0.0850 e. The molecule has 2 aromatic rings. The second-order valence-corrected chi connectivity index (χ2v) is 4.92. The fourth-order valence-corrected chi connectivity index (χ4v) is 2.09. The van der Waals surface area contributed by atoms with Crippen molar-refractivity contribution < 1.29 is 5.11 Å². The number of aliphatic hydroxyl groups excluding tert-OH is 1. The molecule has 0 radical (unpaired) electrons. The van der Waals surface area contributed by atoms with E-state index in [0.717, 1.165) is 11.1 Å². The van der Waals surface area contributed by atoms with Gasteiger partial charge in [0, 0.05) is 22.7 Å². The van der Waals surface area contributed by atoms with Gasteiger partial charge in [0.1, 0.15) is 0 Å². The maximum absolute atomic E-state index is 10.2. The van der Waals surface area contributed by atoms with Crippen molar-refractivity contribution in [3.63, 3.8) is 0 Å². The maximum atomic E-state index is 10.2. The molecule has 0 saturated carbocycles. The van der Waals surface area contributed by atoms with Crippen molar-refractivity contribution in [2.24, 2.45) is 0 Å². The second kappa shape index (κ2) is 5.42. The van der Waals surface area contributed by atoms with Crippen LogP contribution < -0.4 is 5.73 Å². The number of rotatable bonds is 3. The highest BCUT2D eigenvalue weighted by molar-refractivity contribution is 6.30. The number of nitrogens with two attached hydrogens (primary N) is 1. The molecule has 3 heteroatoms. The van der Waals surface area contributed by atoms with Crippen LogP contribution in [0, 0.1) is 6.92 Å². The third kappa shape index (κ3) is 3.03. The molecule has 2 rings (SSSR count). The van der Waals surface area contributed by atoms with Gasteiger partial charge in [-0.25, -0.2) is 0 Å². The quantitative estimate of drug-likeness (QED) is 0.831. The van der Waals surface area contributed by atoms with Crippen molar-refractivity contribution in [2.75, 3.05) is 5.73 Å². The molecule has 3 N–H and O–H groups in total. The van der Waals surface area contributed by atoms with Crippen LogP contribution in [0.5, 0.6) is 0 Å². The fourth-order valence-electron chi connectivity index (χ4n) is 1.91. The zero-order valence-electron chi connectivity index (χ0n) is 10.2. The van der Waals surface area contributed by atoms with Crippen LogP contribution in [0.25, 0.3) is 0 Å². The van der Waals surface area contributed by atoms with Gasteiger partial charge in [0.2, 0.25) is 0 Å². The van der Waals surface area contributed by atoms with Crippen molar-refractivity contribution in [1.29, 1.82) is 0 Å². The summed E-state index contributed by atoms with van der Waals surface area (Å²) in [5.74, 6) is 0. The highest BCUT2D eigenvalue weighted by Crippen LogP contribution is 2.26. The lowest BCUT2D eigenvalue weighted by Crippen LogP contribution is -2.05. The largest absolute Gasteiger partial charge is 0.398 e. The number of aliphatic hydroxyl groups is 1. The van der Waals surface area contributed by atoms with Crippen LogP contribution in [0.3, 0.4) is 0 Å². The van der Waals surface area contributed by atoms with Gasteiger partial charge >= 0.3 is 0 Å². The second-order valence-electron chi connectivity index (χ2n) is 4.48. The summed E-state index contributed by atoms with van der Waals surface area (Å²) in [7, 11) is 0. The molecular weight excluding hydrogens is 246 g/mol. The van der Waals surface area contributed by atoms with E-state index in [2.05, 4.69) is 0 Å². The molecule has 0 spiro atoms. The number of aryl methyl sites for hydroxylation is 1. The lowest BCUT2D eigenvalue weighted by atomic mass is 9.99. The molecule has 94 valence electrons. The molecule has 18 heavy (non-hydrogen) atoms. The van der Waals surface area contributed by atoms with E-state index < -0.39 is 6.10 Å². The molecule has 0 aromatic heterocycles. The summed E-state index contributed by atoms with van der Waals surface area (Å²) in [5, 5.41) is 10.8. The highest BCUT2D eigenvalue weighted by atomic mass is 35.5. The Bertz CT molecular complexity index is 537. The van der Waals surface area contributed by atoms with E-state index in [1.54, 1.807) is 18.2 Å². The number of benzene rings is 2. The molecule has 2 nitrogen and oxygen atoms in total. The molecule has 0 aliphatic heterocycles. The van der Waals surface area contributed by atoms with E-state index >= 15 is 0 Å². The Balaban J connectivity index is 2.16. The average Bonchev–Trinajstić information content (AvgIpc) is 2.32. The van der Waals surface area contributed by atoms with Crippen molar-refractivity contribution in [2.45, 2.75) is 19.4 Å². The summed E-state index contributed by atoms with van der Waals surface area (Å²) >= 11 is 5.84. The SMILES string of the molecule is Cc1ccc(CC(O)c2ccc(Cl)cc2N)cc1. The van der Waals surface area contributed by atoms with Crippen LogP contribution in [-0.4, -0.2) is 5.11 Å². The minimum atomic E-state index is -0.607. The van der Waals surface area contributed by atoms with E-state index in [4.69, 9.17) is 17.3 Å². The first kappa shape index (κ1) is 12.9. The first-order valence-corrected chi connectivity index (χ1v) is 6.22. The molecule has 1 unspecified atom stereocenters. The van der Waals surface area contributed by atoms with Crippen LogP contribution in [-0.2, 0) is 6.42 Å². The zero-order valence-corrected chi connectivity index (χ0v) is 11.0. The number of hydrogen-bond donors (Lipinski definition) is 2. The number of nitrogen functional groups attached to an aromatic ring is 1. The summed E-state index contributed by atoms with van der Waals surface area (Å²) in [5.41, 5.74) is 9.40. The summed E-state index contributed by atoms with van der Waals surface area (Å²) in [6.45, 7) is 2.04. The summed E-state index contributed by atoms with van der Waals surface area (Å²) in [6, 6.07) is 13.3. The summed E-state index contributed by atoms with van der Waals surface area (Å²) < 4.78 is 0. The summed E-state index contributed by atoms with van der Waals surface area (Å²) in [4.78, 5) is 0. The highest BCUT2D eigenvalue weighted by Gasteiger charge is 2.12. The van der Waals surface area contributed by atoms with Gasteiger partial charge in [-0.1, -0.05) is 47.5 Å². The first-order valence-electron chi connectivity index (χ1n) is 5.85. The Morgan fingerprint density at radius 3 is 2.44 bits per heavy atom. The topological polar surface area (TPSA) is 46.2 Å². The Morgan fingerprint density at radius 2 is 1.83 bits per heavy atom. The monoisotopic (exact) mass is 261 g/mol. The Hall–Kier alpha value is -1.51. The Labute approximate surface area is 112 Å². The van der Waals surface area contributed by atoms with Crippen molar-refractivity contribution in [1.82, 2.24) is 0 Å². The van der Waals surface area contributed by atoms with Crippen LogP contribution >= 0.6 is 11.6 Å². The van der Waals surface area contributed by atoms with Crippen LogP contribution in [0.2, 0.25) is 5.02 Å². The molecule has 0 aliphatic rings. The predicted octanol–water partition coefficient (Wildman–Crippen LogP) is 3.51. The third-order valence-electron chi connectivity index (χ3n) is 2.96. The fraction of sp³-hybridized carbons (Fsp3) is 0.200. The summed E-state index contributed by atoms with van der Waals surface area (Å²) in [6.07, 6.45) is -0.0588. The first-order chi connectivity index (χ1) is 8.56. The smallest absolute Gasteiger partial charge is 0.0850 e. The van der Waals surface area contributed by atoms with Gasteiger partial charge in [-0.2, -0.15) is 0 Å². The van der Waals surface area contributed by atoms with E-state index in [-0.39, 0.29) is 0 Å². The van der Waals surface area contributed by atoms with Gasteiger partial charge < -0.3 is 10.8 Å². The molecule has 0 aliphatic carbocycles. The van der Waals surface area contributed by atoms with Crippen molar-refractivity contribution >= 4 is 17.3 Å². The Morgan fingerprint density at radius 1 is 1.17 bits per heavy atom. The molecule has 0 amide bonds. The molecule has 0 saturated heterocycles. The van der Waals surface area contributed by atoms with Gasteiger partial charge in [-0.15, -0.1) is 0 Å². The predicted molar refractivity (Wildman–Crippen MR) is 75.7 cm³/mol. The molecule has 1 atom stereocenters. The molecule has 0 bridgehead atoms. The molecule has 0 fully saturated rings. The van der Waals surface area contributed by atoms with Gasteiger partial charge in [-0.05, 0) is 24.6 Å². The van der Waals surface area contributed by atoms with Gasteiger partial charge in [0.25, 0.3) is 0 Å². The van der Waals surface area contributed by atoms with Crippen LogP contribution in [0.4, 0.5) is 5.69 Å². The zero-order chi connectivity index (χ0) is 13.1. The molecule has 0 heterocycles. The van der Waals surface area contributed by atoms with Gasteiger partial charge in [0.15, 0.2) is 0 Å². The normalized spacial score (nSPS) is 12.4. The van der Waals surface area contributed by atoms with Crippen LogP contribution in [0.1, 0.15) is 22.8 Å². The Kier molecular flexibility index (Phi) is 3.90. The standard InChI is InChI=1S/C15H16ClNO/c1-10-2-4-11(5-3-10)8-15(18)13-7-6-12(16)9-14(13)17/h2-7,9,15,18H,8,17H2,1H3. The van der Waals surface area contributed by atoms with E-state index in [1.165, 1.54) is 5.56 Å². The molecule has 2 aromatic carbocycles. The van der Waals surface area contributed by atoms with E-state index in [0.29, 0.717) is 17.1 Å². The number of anilines is 1. The third-order valence-corrected chi connectivity index (χ3v) is 3.19. The van der Waals surface area contributed by atoms with Crippen molar-refractivity contribution in [3.05, 3.63) is 64.2 Å². The molecular formula is C15H16ClNO. The van der Waals surface area contributed by atoms with E-state index in [9.17, 15) is 5.11 Å².